The molecule has 0 N–H and O–H groups in total. The number of rotatable bonds is 4. The summed E-state index contributed by atoms with van der Waals surface area (Å²) < 4.78 is 0. The molecule has 0 saturated carbocycles. The Morgan fingerprint density at radius 1 is 1.33 bits per heavy atom. The molecule has 0 amide bonds. The minimum absolute atomic E-state index is 0.780. The summed E-state index contributed by atoms with van der Waals surface area (Å²) in [6, 6.07) is 0. The van der Waals surface area contributed by atoms with Crippen molar-refractivity contribution >= 4 is 8.07 Å². The Balaban J connectivity index is 2.31. The molecule has 0 spiro atoms. The van der Waals surface area contributed by atoms with Gasteiger partial charge >= 0.3 is 0 Å². The molecule has 0 bridgehead atoms. The van der Waals surface area contributed by atoms with Gasteiger partial charge in [-0.2, -0.15) is 0 Å². The lowest BCUT2D eigenvalue weighted by molar-refractivity contribution is 0.681. The van der Waals surface area contributed by atoms with Crippen LogP contribution in [-0.4, -0.2) is 8.07 Å². The SMILES string of the molecule is CC1CCC=C1/C=C\C/C=C/[Si](C)(C)C. The van der Waals surface area contributed by atoms with Crippen molar-refractivity contribution in [1.82, 2.24) is 0 Å². The lowest BCUT2D eigenvalue weighted by Crippen LogP contribution is -2.15. The Morgan fingerprint density at radius 2 is 2.07 bits per heavy atom. The summed E-state index contributed by atoms with van der Waals surface area (Å²) in [5.41, 5.74) is 3.96. The molecular formula is C14H24Si. The highest BCUT2D eigenvalue weighted by atomic mass is 28.3. The quantitative estimate of drug-likeness (QED) is 0.601. The topological polar surface area (TPSA) is 0 Å². The zero-order valence-electron chi connectivity index (χ0n) is 10.6. The van der Waals surface area contributed by atoms with Crippen LogP contribution in [0, 0.1) is 5.92 Å². The van der Waals surface area contributed by atoms with E-state index in [1.54, 1.807) is 0 Å². The highest BCUT2D eigenvalue weighted by Crippen LogP contribution is 2.25. The summed E-state index contributed by atoms with van der Waals surface area (Å²) in [4.78, 5) is 0. The van der Waals surface area contributed by atoms with E-state index >= 15 is 0 Å². The summed E-state index contributed by atoms with van der Waals surface area (Å²) in [6.45, 7) is 9.43. The first-order valence-electron chi connectivity index (χ1n) is 6.03. The van der Waals surface area contributed by atoms with Gasteiger partial charge in [-0.15, -0.1) is 0 Å². The maximum Gasteiger partial charge on any atom is 0.0683 e. The third-order valence-corrected chi connectivity index (χ3v) is 3.98. The van der Waals surface area contributed by atoms with Gasteiger partial charge in [0, 0.05) is 0 Å². The van der Waals surface area contributed by atoms with Crippen molar-refractivity contribution in [2.24, 2.45) is 5.92 Å². The molecule has 1 heteroatoms. The molecule has 0 radical (unpaired) electrons. The van der Waals surface area contributed by atoms with Crippen LogP contribution in [0.15, 0.2) is 35.6 Å². The van der Waals surface area contributed by atoms with Gasteiger partial charge in [-0.1, -0.05) is 56.6 Å². The van der Waals surface area contributed by atoms with Crippen LogP contribution < -0.4 is 0 Å². The van der Waals surface area contributed by atoms with Gasteiger partial charge in [-0.3, -0.25) is 0 Å². The number of hydrogen-bond acceptors (Lipinski definition) is 0. The molecule has 0 saturated heterocycles. The van der Waals surface area contributed by atoms with Crippen molar-refractivity contribution in [3.8, 4) is 0 Å². The molecule has 84 valence electrons. The van der Waals surface area contributed by atoms with E-state index in [-0.39, 0.29) is 0 Å². The summed E-state index contributed by atoms with van der Waals surface area (Å²) in [5.74, 6) is 0.780. The lowest BCUT2D eigenvalue weighted by Gasteiger charge is -2.07. The number of allylic oxidation sites excluding steroid dienone is 5. The van der Waals surface area contributed by atoms with Crippen LogP contribution >= 0.6 is 0 Å². The third kappa shape index (κ3) is 5.17. The fourth-order valence-electron chi connectivity index (χ4n) is 1.80. The zero-order valence-corrected chi connectivity index (χ0v) is 11.6. The predicted molar refractivity (Wildman–Crippen MR) is 72.7 cm³/mol. The molecule has 0 aromatic heterocycles. The van der Waals surface area contributed by atoms with Crippen LogP contribution in [0.3, 0.4) is 0 Å². The van der Waals surface area contributed by atoms with Gasteiger partial charge in [0.1, 0.15) is 0 Å². The molecule has 1 unspecified atom stereocenters. The summed E-state index contributed by atoms with van der Waals surface area (Å²) in [6.07, 6.45) is 13.0. The summed E-state index contributed by atoms with van der Waals surface area (Å²) >= 11 is 0. The van der Waals surface area contributed by atoms with E-state index in [0.29, 0.717) is 0 Å². The monoisotopic (exact) mass is 220 g/mol. The predicted octanol–water partition coefficient (Wildman–Crippen LogP) is 4.72. The molecule has 1 rings (SSSR count). The molecule has 0 fully saturated rings. The maximum atomic E-state index is 2.42. The molecular weight excluding hydrogens is 196 g/mol. The first-order valence-corrected chi connectivity index (χ1v) is 9.61. The van der Waals surface area contributed by atoms with Crippen LogP contribution in [0.2, 0.25) is 19.6 Å². The molecule has 1 aliphatic rings. The first kappa shape index (κ1) is 12.5. The van der Waals surface area contributed by atoms with Gasteiger partial charge < -0.3 is 0 Å². The minimum atomic E-state index is -0.981. The fraction of sp³-hybridized carbons (Fsp3) is 0.571. The van der Waals surface area contributed by atoms with Crippen LogP contribution in [0.25, 0.3) is 0 Å². The molecule has 1 aliphatic carbocycles. The standard InChI is InChI=1S/C14H24Si/c1-13-9-8-11-14(13)10-6-5-7-12-15(2,3)4/h6-7,10-13H,5,8-9H2,1-4H3/b10-6-,12-7+. The van der Waals surface area contributed by atoms with Crippen molar-refractivity contribution in [1.29, 1.82) is 0 Å². The summed E-state index contributed by atoms with van der Waals surface area (Å²) in [7, 11) is -0.981. The Kier molecular flexibility index (Phi) is 4.59. The molecule has 0 aromatic carbocycles. The van der Waals surface area contributed by atoms with E-state index in [1.807, 2.05) is 0 Å². The zero-order chi connectivity index (χ0) is 11.3. The minimum Gasteiger partial charge on any atom is -0.0986 e. The molecule has 0 aromatic rings. The third-order valence-electron chi connectivity index (χ3n) is 2.75. The van der Waals surface area contributed by atoms with Crippen molar-refractivity contribution in [3.05, 3.63) is 35.6 Å². The molecule has 15 heavy (non-hydrogen) atoms. The molecule has 0 nitrogen and oxygen atoms in total. The van der Waals surface area contributed by atoms with E-state index in [1.165, 1.54) is 18.4 Å². The van der Waals surface area contributed by atoms with Gasteiger partial charge in [-0.05, 0) is 30.8 Å². The van der Waals surface area contributed by atoms with Gasteiger partial charge in [0.25, 0.3) is 0 Å². The average Bonchev–Trinajstić information content (AvgIpc) is 2.49. The summed E-state index contributed by atoms with van der Waals surface area (Å²) in [5, 5.41) is 0. The lowest BCUT2D eigenvalue weighted by atomic mass is 10.0. The van der Waals surface area contributed by atoms with Gasteiger partial charge in [0.15, 0.2) is 0 Å². The van der Waals surface area contributed by atoms with Gasteiger partial charge in [-0.25, -0.2) is 0 Å². The van der Waals surface area contributed by atoms with Gasteiger partial charge in [0.2, 0.25) is 0 Å². The Hall–Kier alpha value is -0.563. The average molecular weight is 220 g/mol. The first-order chi connectivity index (χ1) is 6.99. The van der Waals surface area contributed by atoms with Crippen LogP contribution in [-0.2, 0) is 0 Å². The van der Waals surface area contributed by atoms with E-state index in [0.717, 1.165) is 12.3 Å². The van der Waals surface area contributed by atoms with Crippen LogP contribution in [0.5, 0.6) is 0 Å². The second-order valence-electron chi connectivity index (χ2n) is 5.59. The maximum absolute atomic E-state index is 2.42. The van der Waals surface area contributed by atoms with Crippen molar-refractivity contribution in [2.45, 2.75) is 45.8 Å². The van der Waals surface area contributed by atoms with Gasteiger partial charge in [0.05, 0.1) is 8.07 Å². The normalized spacial score (nSPS) is 22.9. The Labute approximate surface area is 95.8 Å². The van der Waals surface area contributed by atoms with Crippen LogP contribution in [0.4, 0.5) is 0 Å². The number of hydrogen-bond donors (Lipinski definition) is 0. The van der Waals surface area contributed by atoms with E-state index in [2.05, 4.69) is 56.6 Å². The Bertz CT molecular complexity index is 276. The molecule has 1 atom stereocenters. The fourth-order valence-corrected chi connectivity index (χ4v) is 2.65. The Morgan fingerprint density at radius 3 is 2.60 bits per heavy atom. The van der Waals surface area contributed by atoms with E-state index < -0.39 is 8.07 Å². The van der Waals surface area contributed by atoms with E-state index in [4.69, 9.17) is 0 Å². The smallest absolute Gasteiger partial charge is 0.0683 e. The largest absolute Gasteiger partial charge is 0.0986 e. The molecule has 0 heterocycles. The second-order valence-corrected chi connectivity index (χ2v) is 10.7. The van der Waals surface area contributed by atoms with Crippen molar-refractivity contribution in [2.75, 3.05) is 0 Å². The van der Waals surface area contributed by atoms with Crippen molar-refractivity contribution < 1.29 is 0 Å². The highest BCUT2D eigenvalue weighted by Gasteiger charge is 2.10. The van der Waals surface area contributed by atoms with Crippen molar-refractivity contribution in [3.63, 3.8) is 0 Å². The van der Waals surface area contributed by atoms with Crippen LogP contribution in [0.1, 0.15) is 26.2 Å². The second kappa shape index (κ2) is 5.50. The highest BCUT2D eigenvalue weighted by molar-refractivity contribution is 6.80. The van der Waals surface area contributed by atoms with E-state index in [9.17, 15) is 0 Å². The molecule has 0 aliphatic heterocycles.